The van der Waals surface area contributed by atoms with Gasteiger partial charge in [-0.3, -0.25) is 4.98 Å². The molecule has 0 radical (unpaired) electrons. The first-order valence-electron chi connectivity index (χ1n) is 17.9. The Hall–Kier alpha value is -5.71. The van der Waals surface area contributed by atoms with Gasteiger partial charge in [0.15, 0.2) is 22.8 Å². The molecule has 2 fully saturated rings. The van der Waals surface area contributed by atoms with Crippen molar-refractivity contribution in [3.05, 3.63) is 108 Å². The summed E-state index contributed by atoms with van der Waals surface area (Å²) in [7, 11) is 0. The number of carbonyl (C=O) groups is 1. The third kappa shape index (κ3) is 7.53. The average molecular weight is 752 g/mol. The standard InChI is InChI=1S/C37H41N13O3.ClH/c1-2-30-45-47-50(46-30)29-18-28(32(51)33(29)52)49-22-40-31-34(39-20-27(23-10-5-3-6-11-23)24-12-7-4-8-13-24)43-36(44-35(31)49)48-17-15-26(21-48)42-37(53)41-25-14-9-16-38-19-25;/h3-14,16,19,22,26-29,32-33,51-52H,2,15,17-18,20-21H2,1H3,(H,39,43,44)(H2,41,42,53);1H/t26?,28-,29+,32+,33-;/m1./s1. The van der Waals surface area contributed by atoms with Crippen LogP contribution in [-0.2, 0) is 6.42 Å². The fraction of sp³-hybridized carbons (Fsp3) is 0.351. The van der Waals surface area contributed by atoms with Crippen molar-refractivity contribution in [3.63, 3.8) is 0 Å². The topological polar surface area (TPSA) is 197 Å². The highest BCUT2D eigenvalue weighted by atomic mass is 35.5. The molecule has 6 aromatic rings. The van der Waals surface area contributed by atoms with Gasteiger partial charge in [0.05, 0.1) is 24.3 Å². The summed E-state index contributed by atoms with van der Waals surface area (Å²) in [6.07, 6.45) is 4.25. The van der Waals surface area contributed by atoms with Gasteiger partial charge in [-0.25, -0.2) is 9.78 Å². The molecule has 280 valence electrons. The Morgan fingerprint density at radius 3 is 2.39 bits per heavy atom. The summed E-state index contributed by atoms with van der Waals surface area (Å²) in [6.45, 7) is 3.55. The number of imidazole rings is 1. The third-order valence-corrected chi connectivity index (χ3v) is 10.1. The Labute approximate surface area is 317 Å². The quantitative estimate of drug-likeness (QED) is 0.129. The van der Waals surface area contributed by atoms with Crippen LogP contribution in [0.5, 0.6) is 0 Å². The van der Waals surface area contributed by atoms with Crippen LogP contribution < -0.4 is 20.9 Å². The van der Waals surface area contributed by atoms with Gasteiger partial charge in [0.2, 0.25) is 5.95 Å². The molecule has 0 bridgehead atoms. The molecule has 0 spiro atoms. The van der Waals surface area contributed by atoms with Gasteiger partial charge in [-0.1, -0.05) is 67.6 Å². The maximum absolute atomic E-state index is 12.8. The van der Waals surface area contributed by atoms with E-state index in [1.165, 1.54) is 4.80 Å². The second-order valence-electron chi connectivity index (χ2n) is 13.5. The molecule has 2 amide bonds. The lowest BCUT2D eigenvalue weighted by atomic mass is 9.91. The molecule has 2 aromatic carbocycles. The Kier molecular flexibility index (Phi) is 10.9. The first-order valence-corrected chi connectivity index (χ1v) is 17.9. The highest BCUT2D eigenvalue weighted by molar-refractivity contribution is 5.89. The predicted octanol–water partition coefficient (Wildman–Crippen LogP) is 3.74. The van der Waals surface area contributed by atoms with E-state index in [2.05, 4.69) is 60.6 Å². The molecule has 1 unspecified atom stereocenters. The highest BCUT2D eigenvalue weighted by Gasteiger charge is 2.45. The number of carbonyl (C=O) groups excluding carboxylic acids is 1. The Balaban J connectivity index is 0.00000450. The van der Waals surface area contributed by atoms with Crippen molar-refractivity contribution >= 4 is 47.1 Å². The molecule has 5 atom stereocenters. The van der Waals surface area contributed by atoms with Gasteiger partial charge in [-0.2, -0.15) is 14.8 Å². The van der Waals surface area contributed by atoms with E-state index in [-0.39, 0.29) is 30.4 Å². The monoisotopic (exact) mass is 751 g/mol. The first kappa shape index (κ1) is 36.6. The molecule has 5 heterocycles. The van der Waals surface area contributed by atoms with Crippen LogP contribution in [0, 0.1) is 0 Å². The van der Waals surface area contributed by atoms with Gasteiger partial charge < -0.3 is 35.6 Å². The molecule has 4 aromatic heterocycles. The Morgan fingerprint density at radius 1 is 0.963 bits per heavy atom. The number of hydrogen-bond acceptors (Lipinski definition) is 12. The third-order valence-electron chi connectivity index (χ3n) is 10.1. The fourth-order valence-electron chi connectivity index (χ4n) is 7.29. The van der Waals surface area contributed by atoms with Crippen LogP contribution in [0.15, 0.2) is 91.5 Å². The van der Waals surface area contributed by atoms with E-state index in [1.807, 2.05) is 52.8 Å². The number of aliphatic hydroxyl groups is 2. The van der Waals surface area contributed by atoms with E-state index in [0.29, 0.717) is 73.3 Å². The lowest BCUT2D eigenvalue weighted by molar-refractivity contribution is 0.00473. The minimum absolute atomic E-state index is 0. The number of aromatic nitrogens is 9. The second-order valence-corrected chi connectivity index (χ2v) is 13.5. The van der Waals surface area contributed by atoms with Gasteiger partial charge >= 0.3 is 6.03 Å². The van der Waals surface area contributed by atoms with Crippen molar-refractivity contribution in [1.82, 2.24) is 50.0 Å². The first-order chi connectivity index (χ1) is 25.9. The van der Waals surface area contributed by atoms with Crippen LogP contribution in [0.3, 0.4) is 0 Å². The number of amides is 2. The number of aliphatic hydroxyl groups excluding tert-OH is 2. The maximum Gasteiger partial charge on any atom is 0.319 e. The highest BCUT2D eigenvalue weighted by Crippen LogP contribution is 2.40. The Bertz CT molecular complexity index is 2110. The summed E-state index contributed by atoms with van der Waals surface area (Å²) in [5.41, 5.74) is 3.96. The number of aryl methyl sites for hydroxylation is 1. The van der Waals surface area contributed by atoms with E-state index < -0.39 is 24.3 Å². The molecule has 54 heavy (non-hydrogen) atoms. The molecule has 1 saturated heterocycles. The number of fused-ring (bicyclic) bond motifs is 1. The summed E-state index contributed by atoms with van der Waals surface area (Å²) in [4.78, 5) is 35.1. The van der Waals surface area contributed by atoms with E-state index in [0.717, 1.165) is 11.1 Å². The number of tetrazole rings is 1. The number of anilines is 3. The average Bonchev–Trinajstić information content (AvgIpc) is 4.00. The van der Waals surface area contributed by atoms with E-state index in [4.69, 9.17) is 15.0 Å². The van der Waals surface area contributed by atoms with Crippen molar-refractivity contribution in [3.8, 4) is 0 Å². The zero-order valence-electron chi connectivity index (χ0n) is 29.6. The van der Waals surface area contributed by atoms with Crippen molar-refractivity contribution in [2.75, 3.05) is 35.2 Å². The van der Waals surface area contributed by atoms with Crippen LogP contribution >= 0.6 is 12.4 Å². The second kappa shape index (κ2) is 16.1. The smallest absolute Gasteiger partial charge is 0.319 e. The van der Waals surface area contributed by atoms with Crippen LogP contribution in [0.1, 0.15) is 54.7 Å². The fourth-order valence-corrected chi connectivity index (χ4v) is 7.29. The number of rotatable bonds is 11. The minimum Gasteiger partial charge on any atom is -0.388 e. The molecule has 1 aliphatic heterocycles. The van der Waals surface area contributed by atoms with Crippen molar-refractivity contribution < 1.29 is 15.0 Å². The van der Waals surface area contributed by atoms with Gasteiger partial charge in [0, 0.05) is 44.2 Å². The maximum atomic E-state index is 12.8. The van der Waals surface area contributed by atoms with E-state index >= 15 is 0 Å². The molecule has 8 rings (SSSR count). The van der Waals surface area contributed by atoms with Gasteiger partial charge in [-0.15, -0.1) is 22.6 Å². The molecule has 1 aliphatic carbocycles. The van der Waals surface area contributed by atoms with Crippen molar-refractivity contribution in [2.45, 2.75) is 62.4 Å². The molecule has 17 heteroatoms. The number of nitrogens with one attached hydrogen (secondary N) is 3. The van der Waals surface area contributed by atoms with Gasteiger partial charge in [0.25, 0.3) is 0 Å². The number of benzene rings is 2. The molecular formula is C37H42ClN13O3. The lowest BCUT2D eigenvalue weighted by Gasteiger charge is -2.22. The molecule has 1 saturated carbocycles. The van der Waals surface area contributed by atoms with Crippen LogP contribution in [0.25, 0.3) is 11.2 Å². The number of pyridine rings is 1. The summed E-state index contributed by atoms with van der Waals surface area (Å²) in [5.74, 6) is 1.59. The zero-order chi connectivity index (χ0) is 36.3. The molecule has 2 aliphatic rings. The molecule has 5 N–H and O–H groups in total. The van der Waals surface area contributed by atoms with Crippen molar-refractivity contribution in [1.29, 1.82) is 0 Å². The minimum atomic E-state index is -1.14. The summed E-state index contributed by atoms with van der Waals surface area (Å²) in [5, 5.41) is 44.7. The van der Waals surface area contributed by atoms with Gasteiger partial charge in [0.1, 0.15) is 18.2 Å². The van der Waals surface area contributed by atoms with E-state index in [1.54, 1.807) is 30.9 Å². The largest absolute Gasteiger partial charge is 0.388 e. The van der Waals surface area contributed by atoms with Crippen molar-refractivity contribution in [2.24, 2.45) is 0 Å². The van der Waals surface area contributed by atoms with E-state index in [9.17, 15) is 15.0 Å². The summed E-state index contributed by atoms with van der Waals surface area (Å²) < 4.78 is 1.82. The van der Waals surface area contributed by atoms with Crippen LogP contribution in [-0.4, -0.2) is 98.8 Å². The SMILES string of the molecule is CCc1nnn([C@H]2C[C@@H](n3cnc4c(NCC(c5ccccc5)c5ccccc5)nc(N5CCC(NC(=O)Nc6cccnc6)C5)nc43)[C@H](O)[C@@H]2O)n1.Cl. The summed E-state index contributed by atoms with van der Waals surface area (Å²) in [6, 6.07) is 22.6. The van der Waals surface area contributed by atoms with Gasteiger partial charge in [-0.05, 0) is 41.3 Å². The summed E-state index contributed by atoms with van der Waals surface area (Å²) >= 11 is 0. The number of urea groups is 1. The molecule has 16 nitrogen and oxygen atoms in total. The van der Waals surface area contributed by atoms with Crippen LogP contribution in [0.2, 0.25) is 0 Å². The lowest BCUT2D eigenvalue weighted by Crippen LogP contribution is -2.40. The number of nitrogens with zero attached hydrogens (tertiary/aromatic N) is 10. The number of halogens is 1. The van der Waals surface area contributed by atoms with Crippen LogP contribution in [0.4, 0.5) is 22.2 Å². The zero-order valence-corrected chi connectivity index (χ0v) is 30.4. The number of hydrogen-bond donors (Lipinski definition) is 5. The normalized spacial score (nSPS) is 21.0. The predicted molar refractivity (Wildman–Crippen MR) is 205 cm³/mol. The molecular weight excluding hydrogens is 710 g/mol. The Morgan fingerprint density at radius 2 is 1.70 bits per heavy atom.